The molecule has 0 radical (unpaired) electrons. The van der Waals surface area contributed by atoms with E-state index in [0.717, 1.165) is 10.4 Å². The highest BCUT2D eigenvalue weighted by atomic mass is 35.5. The van der Waals surface area contributed by atoms with Crippen molar-refractivity contribution in [3.8, 4) is 5.75 Å². The molecule has 4 heterocycles. The van der Waals surface area contributed by atoms with Crippen LogP contribution < -0.4 is 0 Å². The first-order chi connectivity index (χ1) is 19.0. The van der Waals surface area contributed by atoms with Crippen LogP contribution in [0.4, 0.5) is 0 Å². The highest BCUT2D eigenvalue weighted by Gasteiger charge is 2.45. The molecule has 2 aliphatic rings. The smallest absolute Gasteiger partial charge is 0.122 e. The van der Waals surface area contributed by atoms with Gasteiger partial charge in [-0.3, -0.25) is 0 Å². The number of ether oxygens (including phenoxy) is 2. The van der Waals surface area contributed by atoms with Crippen molar-refractivity contribution in [2.45, 2.75) is 74.4 Å². The van der Waals surface area contributed by atoms with Gasteiger partial charge in [0.05, 0.1) is 19.3 Å². The van der Waals surface area contributed by atoms with E-state index in [0.29, 0.717) is 11.4 Å². The lowest BCUT2D eigenvalue weighted by molar-refractivity contribution is -0.232. The standard InChI is InChI=1S/C19H19ClO6S2.C7H14O5/c20-11-6-12(22)10(19-18(25)17(24)16(23)13(7-21)26-19)4-8(11)3-9-5-15-14(28-9)1-2-27-15;1-3-5(9)7(11)6(10)4(2-8)12-3/h1-2,4-6,13,16-19,21-25H,3,7H2;3-11H,2H2,1H3/t13-,16-,17+,18-,19+;3-,4+,5-,6+,7+/m10/s1. The second kappa shape index (κ2) is 13.3. The number of benzene rings is 1. The molecule has 10 atom stereocenters. The van der Waals surface area contributed by atoms with E-state index >= 15 is 0 Å². The largest absolute Gasteiger partial charge is 0.508 e. The average Bonchev–Trinajstić information content (AvgIpc) is 3.53. The van der Waals surface area contributed by atoms with E-state index < -0.39 is 67.6 Å². The average molecular weight is 621 g/mol. The number of aliphatic hydroxyl groups is 8. The Morgan fingerprint density at radius 3 is 2.05 bits per heavy atom. The fourth-order valence-corrected chi connectivity index (χ4v) is 7.11. The first kappa shape index (κ1) is 31.5. The molecule has 2 fully saturated rings. The van der Waals surface area contributed by atoms with Gasteiger partial charge in [0.2, 0.25) is 0 Å². The Morgan fingerprint density at radius 1 is 0.800 bits per heavy atom. The van der Waals surface area contributed by atoms with Crippen LogP contribution in [0, 0.1) is 0 Å². The zero-order chi connectivity index (χ0) is 29.3. The van der Waals surface area contributed by atoms with Crippen molar-refractivity contribution in [1.29, 1.82) is 0 Å². The van der Waals surface area contributed by atoms with Crippen molar-refractivity contribution in [2.75, 3.05) is 13.2 Å². The van der Waals surface area contributed by atoms with Gasteiger partial charge in [-0.2, -0.15) is 0 Å². The fourth-order valence-electron chi connectivity index (χ4n) is 4.73. The molecule has 0 unspecified atom stereocenters. The molecule has 0 saturated carbocycles. The molecule has 2 aromatic heterocycles. The summed E-state index contributed by atoms with van der Waals surface area (Å²) in [6.45, 7) is 0.673. The zero-order valence-electron chi connectivity index (χ0n) is 21.3. The molecule has 2 aliphatic heterocycles. The van der Waals surface area contributed by atoms with Crippen LogP contribution in [0.3, 0.4) is 0 Å². The molecule has 0 aliphatic carbocycles. The van der Waals surface area contributed by atoms with Crippen LogP contribution in [0.15, 0.2) is 29.6 Å². The molecule has 11 nitrogen and oxygen atoms in total. The molecular formula is C26H33ClO11S2. The summed E-state index contributed by atoms with van der Waals surface area (Å²) in [7, 11) is 0. The van der Waals surface area contributed by atoms with Crippen LogP contribution in [-0.2, 0) is 15.9 Å². The number of halogens is 1. The minimum Gasteiger partial charge on any atom is -0.508 e. The third kappa shape index (κ3) is 6.47. The number of phenolic OH excluding ortho intramolecular Hbond substituents is 1. The number of hydrogen-bond acceptors (Lipinski definition) is 13. The Labute approximate surface area is 242 Å². The minimum atomic E-state index is -1.52. The monoisotopic (exact) mass is 620 g/mol. The van der Waals surface area contributed by atoms with Crippen LogP contribution in [0.1, 0.15) is 29.0 Å². The number of aromatic hydroxyl groups is 1. The van der Waals surface area contributed by atoms with E-state index in [-0.39, 0.29) is 17.9 Å². The summed E-state index contributed by atoms with van der Waals surface area (Å²) in [4.78, 5) is 1.11. The normalized spacial score (nSPS) is 34.5. The second-order valence-electron chi connectivity index (χ2n) is 9.82. The number of fused-ring (bicyclic) bond motifs is 1. The first-order valence-electron chi connectivity index (χ1n) is 12.5. The molecular weight excluding hydrogens is 588 g/mol. The van der Waals surface area contributed by atoms with Crippen molar-refractivity contribution in [2.24, 2.45) is 0 Å². The lowest BCUT2D eigenvalue weighted by Gasteiger charge is -2.40. The molecule has 0 spiro atoms. The van der Waals surface area contributed by atoms with E-state index in [4.69, 9.17) is 26.2 Å². The molecule has 1 aromatic carbocycles. The summed E-state index contributed by atoms with van der Waals surface area (Å²) in [6, 6.07) is 7.18. The zero-order valence-corrected chi connectivity index (χ0v) is 23.7. The molecule has 5 rings (SSSR count). The SMILES string of the molecule is C[C@@H]1O[C@H](CO)[C@@H](O)[C@H](O)[C@H]1O.OC[C@H]1O[C@@H](c2cc(Cc3cc4sccc4s3)c(Cl)cc2O)[C@H](O)[C@@H](O)[C@@H]1O. The number of thiophene rings is 2. The third-order valence-corrected chi connectivity index (χ3v) is 9.53. The summed E-state index contributed by atoms with van der Waals surface area (Å²) in [6.07, 6.45) is -11.0. The van der Waals surface area contributed by atoms with Crippen LogP contribution in [0.25, 0.3) is 9.40 Å². The Balaban J connectivity index is 0.000000259. The quantitative estimate of drug-likeness (QED) is 0.190. The maximum absolute atomic E-state index is 10.4. The van der Waals surface area contributed by atoms with Crippen LogP contribution in [0.2, 0.25) is 5.02 Å². The topological polar surface area (TPSA) is 201 Å². The molecule has 9 N–H and O–H groups in total. The highest BCUT2D eigenvalue weighted by molar-refractivity contribution is 7.26. The van der Waals surface area contributed by atoms with E-state index in [1.807, 2.05) is 5.38 Å². The van der Waals surface area contributed by atoms with Crippen molar-refractivity contribution >= 4 is 43.7 Å². The molecule has 2 saturated heterocycles. The lowest BCUT2D eigenvalue weighted by Crippen LogP contribution is -2.57. The Kier molecular flexibility index (Phi) is 10.4. The minimum absolute atomic E-state index is 0.190. The molecule has 14 heteroatoms. The summed E-state index contributed by atoms with van der Waals surface area (Å²) in [5.74, 6) is -0.190. The second-order valence-corrected chi connectivity index (χ2v) is 12.3. The molecule has 222 valence electrons. The van der Waals surface area contributed by atoms with Crippen molar-refractivity contribution < 1.29 is 55.4 Å². The van der Waals surface area contributed by atoms with Crippen molar-refractivity contribution in [3.63, 3.8) is 0 Å². The van der Waals surface area contributed by atoms with E-state index in [1.54, 1.807) is 35.7 Å². The van der Waals surface area contributed by atoms with Crippen LogP contribution in [-0.4, -0.2) is 114 Å². The van der Waals surface area contributed by atoms with Gasteiger partial charge in [-0.05, 0) is 42.1 Å². The molecule has 40 heavy (non-hydrogen) atoms. The molecule has 0 bridgehead atoms. The van der Waals surface area contributed by atoms with Gasteiger partial charge in [0.15, 0.2) is 0 Å². The van der Waals surface area contributed by atoms with Gasteiger partial charge in [-0.25, -0.2) is 0 Å². The number of phenols is 1. The third-order valence-electron chi connectivity index (χ3n) is 7.08. The predicted octanol–water partition coefficient (Wildman–Crippen LogP) is 0.276. The van der Waals surface area contributed by atoms with Gasteiger partial charge in [-0.1, -0.05) is 11.6 Å². The predicted molar refractivity (Wildman–Crippen MR) is 148 cm³/mol. The van der Waals surface area contributed by atoms with Gasteiger partial charge in [0.1, 0.15) is 60.7 Å². The number of hydrogen-bond donors (Lipinski definition) is 9. The summed E-state index contributed by atoms with van der Waals surface area (Å²) < 4.78 is 13.0. The number of aliphatic hydroxyl groups excluding tert-OH is 8. The van der Waals surface area contributed by atoms with Gasteiger partial charge < -0.3 is 55.4 Å². The summed E-state index contributed by atoms with van der Waals surface area (Å²) >= 11 is 9.65. The highest BCUT2D eigenvalue weighted by Crippen LogP contribution is 2.40. The van der Waals surface area contributed by atoms with Gasteiger partial charge in [-0.15, -0.1) is 22.7 Å². The molecule has 3 aromatic rings. The van der Waals surface area contributed by atoms with Crippen molar-refractivity contribution in [3.05, 3.63) is 50.7 Å². The van der Waals surface area contributed by atoms with E-state index in [2.05, 4.69) is 12.1 Å². The van der Waals surface area contributed by atoms with Crippen molar-refractivity contribution in [1.82, 2.24) is 0 Å². The van der Waals surface area contributed by atoms with Crippen LogP contribution in [0.5, 0.6) is 5.75 Å². The van der Waals surface area contributed by atoms with E-state index in [9.17, 15) is 40.9 Å². The van der Waals surface area contributed by atoms with E-state index in [1.165, 1.54) is 15.5 Å². The maximum atomic E-state index is 10.4. The maximum Gasteiger partial charge on any atom is 0.122 e. The van der Waals surface area contributed by atoms with Gasteiger partial charge in [0.25, 0.3) is 0 Å². The fraction of sp³-hybridized carbons (Fsp3) is 0.538. The summed E-state index contributed by atoms with van der Waals surface area (Å²) in [5.41, 5.74) is 0.981. The molecule has 0 amide bonds. The first-order valence-corrected chi connectivity index (χ1v) is 14.6. The Hall–Kier alpha value is -1.43. The lowest BCUT2D eigenvalue weighted by atomic mass is 9.90. The van der Waals surface area contributed by atoms with Gasteiger partial charge >= 0.3 is 0 Å². The summed E-state index contributed by atoms with van der Waals surface area (Å²) in [5, 5.41) is 88.9. The van der Waals surface area contributed by atoms with Gasteiger partial charge in [0, 0.05) is 31.3 Å². The Bertz CT molecular complexity index is 1230. The van der Waals surface area contributed by atoms with Crippen LogP contribution >= 0.6 is 34.3 Å². The number of rotatable bonds is 5. The Morgan fingerprint density at radius 2 is 1.43 bits per heavy atom.